The highest BCUT2D eigenvalue weighted by Crippen LogP contribution is 2.23. The maximum atomic E-state index is 13.0. The summed E-state index contributed by atoms with van der Waals surface area (Å²) in [6.07, 6.45) is 2.38. The Morgan fingerprint density at radius 3 is 2.50 bits per heavy atom. The third kappa shape index (κ3) is 6.95. The van der Waals surface area contributed by atoms with Gasteiger partial charge in [0, 0.05) is 35.6 Å². The Morgan fingerprint density at radius 1 is 1.13 bits per heavy atom. The molecule has 0 spiro atoms. The van der Waals surface area contributed by atoms with Crippen molar-refractivity contribution < 1.29 is 14.4 Å². The molecule has 30 heavy (non-hydrogen) atoms. The Bertz CT molecular complexity index is 894. The van der Waals surface area contributed by atoms with E-state index in [1.54, 1.807) is 11.6 Å². The Morgan fingerprint density at radius 2 is 1.87 bits per heavy atom. The lowest BCUT2D eigenvalue weighted by atomic mass is 10.0. The van der Waals surface area contributed by atoms with Crippen LogP contribution in [0.1, 0.15) is 51.2 Å². The summed E-state index contributed by atoms with van der Waals surface area (Å²) >= 11 is 1.32. The minimum Gasteiger partial charge on any atom is -0.350 e. The number of benzene rings is 1. The molecule has 1 aromatic carbocycles. The Hall–Kier alpha value is -2.74. The molecule has 0 aliphatic heterocycles. The van der Waals surface area contributed by atoms with Crippen molar-refractivity contribution >= 4 is 39.9 Å². The summed E-state index contributed by atoms with van der Waals surface area (Å²) in [5.74, 6) is -0.790. The van der Waals surface area contributed by atoms with Gasteiger partial charge in [-0.05, 0) is 51.3 Å². The van der Waals surface area contributed by atoms with Crippen molar-refractivity contribution in [2.45, 2.75) is 59.4 Å². The fourth-order valence-electron chi connectivity index (χ4n) is 2.79. The van der Waals surface area contributed by atoms with Crippen molar-refractivity contribution in [3.8, 4) is 0 Å². The summed E-state index contributed by atoms with van der Waals surface area (Å²) in [5.41, 5.74) is 2.21. The average molecular weight is 431 g/mol. The third-order valence-corrected chi connectivity index (χ3v) is 5.55. The van der Waals surface area contributed by atoms with Crippen molar-refractivity contribution in [2.75, 3.05) is 16.8 Å². The number of anilines is 2. The first-order valence-electron chi connectivity index (χ1n) is 9.99. The third-order valence-electron chi connectivity index (χ3n) is 4.86. The first-order chi connectivity index (χ1) is 14.1. The fourth-order valence-corrected chi connectivity index (χ4v) is 3.33. The molecule has 1 heterocycles. The molecule has 0 bridgehead atoms. The molecule has 1 aromatic heterocycles. The molecule has 0 atom stereocenters. The second kappa shape index (κ2) is 10.3. The summed E-state index contributed by atoms with van der Waals surface area (Å²) in [4.78, 5) is 43.3. The molecule has 2 N–H and O–H groups in total. The molecular weight excluding hydrogens is 400 g/mol. The molecule has 2 aromatic rings. The minimum absolute atomic E-state index is 0.00492. The SMILES string of the molecule is CCC(C)(C)NC(=O)CN(C(=O)CCC(=O)Nc1nccs1)c1cc(C)ccc1C. The first kappa shape index (κ1) is 23.5. The van der Waals surface area contributed by atoms with E-state index in [4.69, 9.17) is 0 Å². The molecule has 8 heteroatoms. The van der Waals surface area contributed by atoms with E-state index >= 15 is 0 Å². The second-order valence-electron chi connectivity index (χ2n) is 7.94. The van der Waals surface area contributed by atoms with E-state index in [-0.39, 0.29) is 42.6 Å². The van der Waals surface area contributed by atoms with Crippen molar-refractivity contribution in [3.05, 3.63) is 40.9 Å². The number of carbonyl (C=O) groups is 3. The number of aryl methyl sites for hydroxylation is 2. The van der Waals surface area contributed by atoms with Crippen LogP contribution in [-0.2, 0) is 14.4 Å². The summed E-state index contributed by atoms with van der Waals surface area (Å²) in [6.45, 7) is 9.62. The summed E-state index contributed by atoms with van der Waals surface area (Å²) in [6, 6.07) is 5.78. The first-order valence-corrected chi connectivity index (χ1v) is 10.9. The molecule has 0 radical (unpaired) electrons. The van der Waals surface area contributed by atoms with E-state index in [1.165, 1.54) is 16.2 Å². The highest BCUT2D eigenvalue weighted by molar-refractivity contribution is 7.13. The average Bonchev–Trinajstić information content (AvgIpc) is 3.19. The van der Waals surface area contributed by atoms with Gasteiger partial charge in [-0.3, -0.25) is 14.4 Å². The van der Waals surface area contributed by atoms with Crippen molar-refractivity contribution in [2.24, 2.45) is 0 Å². The van der Waals surface area contributed by atoms with Crippen LogP contribution in [0.3, 0.4) is 0 Å². The zero-order chi connectivity index (χ0) is 22.3. The lowest BCUT2D eigenvalue weighted by Crippen LogP contribution is -2.48. The predicted molar refractivity (Wildman–Crippen MR) is 121 cm³/mol. The summed E-state index contributed by atoms with van der Waals surface area (Å²) in [5, 5.41) is 7.91. The van der Waals surface area contributed by atoms with Crippen molar-refractivity contribution in [1.29, 1.82) is 0 Å². The smallest absolute Gasteiger partial charge is 0.240 e. The molecule has 3 amide bonds. The van der Waals surface area contributed by atoms with Gasteiger partial charge in [0.15, 0.2) is 5.13 Å². The van der Waals surface area contributed by atoms with E-state index in [2.05, 4.69) is 15.6 Å². The molecule has 0 unspecified atom stereocenters. The van der Waals surface area contributed by atoms with Crippen LogP contribution in [0, 0.1) is 13.8 Å². The predicted octanol–water partition coefficient (Wildman–Crippen LogP) is 3.82. The van der Waals surface area contributed by atoms with E-state index in [1.807, 2.05) is 52.8 Å². The molecule has 162 valence electrons. The molecule has 0 aliphatic carbocycles. The normalized spacial score (nSPS) is 11.1. The van der Waals surface area contributed by atoms with E-state index in [0.29, 0.717) is 10.8 Å². The number of amides is 3. The quantitative estimate of drug-likeness (QED) is 0.633. The van der Waals surface area contributed by atoms with Crippen LogP contribution in [0.25, 0.3) is 0 Å². The highest BCUT2D eigenvalue weighted by Gasteiger charge is 2.24. The molecule has 2 rings (SSSR count). The lowest BCUT2D eigenvalue weighted by molar-refractivity contribution is -0.125. The molecular formula is C22H30N4O3S. The largest absolute Gasteiger partial charge is 0.350 e. The topological polar surface area (TPSA) is 91.4 Å². The van der Waals surface area contributed by atoms with Gasteiger partial charge < -0.3 is 15.5 Å². The fraction of sp³-hybridized carbons (Fsp3) is 0.455. The molecule has 0 aliphatic rings. The minimum atomic E-state index is -0.360. The molecule has 0 fully saturated rings. The van der Waals surface area contributed by atoms with Crippen LogP contribution in [0.5, 0.6) is 0 Å². The maximum absolute atomic E-state index is 13.0. The number of hydrogen-bond donors (Lipinski definition) is 2. The van der Waals surface area contributed by atoms with Gasteiger partial charge in [-0.25, -0.2) is 4.98 Å². The van der Waals surface area contributed by atoms with Gasteiger partial charge in [-0.15, -0.1) is 11.3 Å². The standard InChI is InChI=1S/C22H30N4O3S/c1-6-22(4,5)25-19(28)14-26(17-13-15(2)7-8-16(17)3)20(29)10-9-18(27)24-21-23-11-12-30-21/h7-8,11-13H,6,9-10,14H2,1-5H3,(H,25,28)(H,23,24,27). The van der Waals surface area contributed by atoms with Crippen LogP contribution < -0.4 is 15.5 Å². The van der Waals surface area contributed by atoms with Crippen LogP contribution in [-0.4, -0.2) is 34.8 Å². The number of carbonyl (C=O) groups excluding carboxylic acids is 3. The van der Waals surface area contributed by atoms with Crippen LogP contribution in [0.4, 0.5) is 10.8 Å². The number of nitrogens with zero attached hydrogens (tertiary/aromatic N) is 2. The summed E-state index contributed by atoms with van der Waals surface area (Å²) in [7, 11) is 0. The molecule has 0 saturated heterocycles. The van der Waals surface area contributed by atoms with Crippen LogP contribution in [0.2, 0.25) is 0 Å². The molecule has 7 nitrogen and oxygen atoms in total. The summed E-state index contributed by atoms with van der Waals surface area (Å²) < 4.78 is 0. The zero-order valence-corrected chi connectivity index (χ0v) is 19.1. The van der Waals surface area contributed by atoms with E-state index in [0.717, 1.165) is 17.5 Å². The lowest BCUT2D eigenvalue weighted by Gasteiger charge is -2.29. The number of thiazole rings is 1. The van der Waals surface area contributed by atoms with Gasteiger partial charge in [0.25, 0.3) is 0 Å². The van der Waals surface area contributed by atoms with Gasteiger partial charge in [0.1, 0.15) is 6.54 Å². The molecule has 0 saturated carbocycles. The zero-order valence-electron chi connectivity index (χ0n) is 18.2. The number of rotatable bonds is 9. The van der Waals surface area contributed by atoms with Gasteiger partial charge in [0.2, 0.25) is 17.7 Å². The number of nitrogens with one attached hydrogen (secondary N) is 2. The Balaban J connectivity index is 2.13. The maximum Gasteiger partial charge on any atom is 0.240 e. The number of aromatic nitrogens is 1. The van der Waals surface area contributed by atoms with Crippen LogP contribution in [0.15, 0.2) is 29.8 Å². The Labute approximate surface area is 181 Å². The van der Waals surface area contributed by atoms with Gasteiger partial charge in [0.05, 0.1) is 0 Å². The van der Waals surface area contributed by atoms with Crippen molar-refractivity contribution in [1.82, 2.24) is 10.3 Å². The highest BCUT2D eigenvalue weighted by atomic mass is 32.1. The van der Waals surface area contributed by atoms with E-state index < -0.39 is 0 Å². The van der Waals surface area contributed by atoms with E-state index in [9.17, 15) is 14.4 Å². The van der Waals surface area contributed by atoms with Gasteiger partial charge >= 0.3 is 0 Å². The van der Waals surface area contributed by atoms with Gasteiger partial charge in [-0.1, -0.05) is 19.1 Å². The Kier molecular flexibility index (Phi) is 8.11. The second-order valence-corrected chi connectivity index (χ2v) is 8.84. The van der Waals surface area contributed by atoms with Crippen LogP contribution >= 0.6 is 11.3 Å². The van der Waals surface area contributed by atoms with Gasteiger partial charge in [-0.2, -0.15) is 0 Å². The number of hydrogen-bond acceptors (Lipinski definition) is 5. The monoisotopic (exact) mass is 430 g/mol. The van der Waals surface area contributed by atoms with Crippen molar-refractivity contribution in [3.63, 3.8) is 0 Å².